The number of ether oxygens (including phenoxy) is 2. The molecule has 1 radical (unpaired) electrons. The average molecular weight is 258 g/mol. The summed E-state index contributed by atoms with van der Waals surface area (Å²) < 4.78 is 10.4. The van der Waals surface area contributed by atoms with Gasteiger partial charge in [0.1, 0.15) is 5.75 Å². The molecule has 2 rings (SSSR count). The van der Waals surface area contributed by atoms with E-state index in [0.717, 1.165) is 5.56 Å². The Bertz CT molecular complexity index is 525. The minimum absolute atomic E-state index is 0.0255. The molecule has 0 N–H and O–H groups in total. The van der Waals surface area contributed by atoms with Crippen LogP contribution in [-0.4, -0.2) is 4.92 Å². The van der Waals surface area contributed by atoms with Gasteiger partial charge in [-0.3, -0.25) is 10.1 Å². The van der Waals surface area contributed by atoms with Crippen LogP contribution in [0.5, 0.6) is 5.75 Å². The van der Waals surface area contributed by atoms with E-state index in [2.05, 4.69) is 0 Å². The zero-order valence-electron chi connectivity index (χ0n) is 10.1. The first-order valence-electron chi connectivity index (χ1n) is 5.64. The van der Waals surface area contributed by atoms with E-state index in [0.29, 0.717) is 12.4 Å². The first-order valence-corrected chi connectivity index (χ1v) is 5.64. The van der Waals surface area contributed by atoms with Crippen molar-refractivity contribution in [1.29, 1.82) is 0 Å². The second-order valence-electron chi connectivity index (χ2n) is 3.76. The Morgan fingerprint density at radius 2 is 1.74 bits per heavy atom. The largest absolute Gasteiger partial charge is 0.458 e. The van der Waals surface area contributed by atoms with Gasteiger partial charge in [0, 0.05) is 12.1 Å². The second kappa shape index (κ2) is 6.51. The molecular formula is C14H12NO4. The van der Waals surface area contributed by atoms with Crippen LogP contribution in [0.15, 0.2) is 54.6 Å². The van der Waals surface area contributed by atoms with Crippen LogP contribution < -0.4 is 4.74 Å². The predicted molar refractivity (Wildman–Crippen MR) is 69.3 cm³/mol. The molecule has 2 aromatic carbocycles. The van der Waals surface area contributed by atoms with Crippen LogP contribution in [0.3, 0.4) is 0 Å². The lowest BCUT2D eigenvalue weighted by Gasteiger charge is -2.05. The summed E-state index contributed by atoms with van der Waals surface area (Å²) in [4.78, 5) is 10.0. The summed E-state index contributed by atoms with van der Waals surface area (Å²) in [6.45, 7) is 1.63. The highest BCUT2D eigenvalue weighted by molar-refractivity contribution is 5.36. The molecule has 0 spiro atoms. The third-order valence-electron chi connectivity index (χ3n) is 2.39. The Balaban J connectivity index is 1.75. The van der Waals surface area contributed by atoms with Gasteiger partial charge >= 0.3 is 0 Å². The molecule has 5 heteroatoms. The van der Waals surface area contributed by atoms with Gasteiger partial charge in [-0.15, -0.1) is 0 Å². The molecule has 0 aromatic heterocycles. The predicted octanol–water partition coefficient (Wildman–Crippen LogP) is 3.31. The molecule has 0 heterocycles. The Morgan fingerprint density at radius 1 is 1.05 bits per heavy atom. The molecular weight excluding hydrogens is 246 g/mol. The van der Waals surface area contributed by atoms with Crippen molar-refractivity contribution in [2.45, 2.75) is 6.61 Å². The lowest BCUT2D eigenvalue weighted by atomic mass is 10.2. The lowest BCUT2D eigenvalue weighted by molar-refractivity contribution is -0.384. The topological polar surface area (TPSA) is 61.6 Å². The molecule has 0 amide bonds. The van der Waals surface area contributed by atoms with Crippen molar-refractivity contribution in [2.75, 3.05) is 0 Å². The molecule has 5 nitrogen and oxygen atoms in total. The maximum absolute atomic E-state index is 10.5. The third kappa shape index (κ3) is 4.08. The molecule has 0 atom stereocenters. The summed E-state index contributed by atoms with van der Waals surface area (Å²) in [5, 5.41) is 10.5. The number of nitro groups is 1. The van der Waals surface area contributed by atoms with Crippen LogP contribution in [0.25, 0.3) is 0 Å². The average Bonchev–Trinajstić information content (AvgIpc) is 2.45. The van der Waals surface area contributed by atoms with E-state index in [9.17, 15) is 10.1 Å². The molecule has 0 fully saturated rings. The fraction of sp³-hybridized carbons (Fsp3) is 0.0714. The highest BCUT2D eigenvalue weighted by Crippen LogP contribution is 2.18. The van der Waals surface area contributed by atoms with Crippen molar-refractivity contribution in [3.05, 3.63) is 77.1 Å². The number of nitrogens with zero attached hydrogens (tertiary/aromatic N) is 1. The van der Waals surface area contributed by atoms with E-state index in [4.69, 9.17) is 9.47 Å². The fourth-order valence-corrected chi connectivity index (χ4v) is 1.44. The van der Waals surface area contributed by atoms with Crippen molar-refractivity contribution < 1.29 is 14.4 Å². The van der Waals surface area contributed by atoms with Gasteiger partial charge in [0.25, 0.3) is 12.5 Å². The van der Waals surface area contributed by atoms with Crippen LogP contribution in [0.4, 0.5) is 5.69 Å². The highest BCUT2D eigenvalue weighted by atomic mass is 16.7. The van der Waals surface area contributed by atoms with Crippen LogP contribution >= 0.6 is 0 Å². The van der Waals surface area contributed by atoms with E-state index >= 15 is 0 Å². The Labute approximate surface area is 110 Å². The van der Waals surface area contributed by atoms with Crippen molar-refractivity contribution in [3.63, 3.8) is 0 Å². The molecule has 0 unspecified atom stereocenters. The summed E-state index contributed by atoms with van der Waals surface area (Å²) in [7, 11) is 0. The molecule has 0 bridgehead atoms. The van der Waals surface area contributed by atoms with Crippen molar-refractivity contribution >= 4 is 5.69 Å². The number of benzene rings is 2. The minimum atomic E-state index is -0.459. The zero-order chi connectivity index (χ0) is 13.5. The number of rotatable bonds is 6. The van der Waals surface area contributed by atoms with Gasteiger partial charge in [-0.25, -0.2) is 0 Å². The van der Waals surface area contributed by atoms with Gasteiger partial charge in [-0.05, 0) is 17.7 Å². The van der Waals surface area contributed by atoms with Gasteiger partial charge in [-0.1, -0.05) is 30.3 Å². The van der Waals surface area contributed by atoms with Gasteiger partial charge in [0.05, 0.1) is 11.5 Å². The second-order valence-corrected chi connectivity index (χ2v) is 3.76. The molecule has 19 heavy (non-hydrogen) atoms. The quantitative estimate of drug-likeness (QED) is 0.453. The summed E-state index contributed by atoms with van der Waals surface area (Å²) in [6.07, 6.45) is 0. The summed E-state index contributed by atoms with van der Waals surface area (Å²) >= 11 is 0. The summed E-state index contributed by atoms with van der Waals surface area (Å²) in [5.74, 6) is 0.485. The molecule has 0 saturated heterocycles. The smallest absolute Gasteiger partial charge is 0.269 e. The Morgan fingerprint density at radius 3 is 2.37 bits per heavy atom. The van der Waals surface area contributed by atoms with E-state index < -0.39 is 4.92 Å². The molecule has 0 aliphatic carbocycles. The molecule has 2 aromatic rings. The van der Waals surface area contributed by atoms with Crippen molar-refractivity contribution in [3.8, 4) is 5.75 Å². The summed E-state index contributed by atoms with van der Waals surface area (Å²) in [6, 6.07) is 15.5. The summed E-state index contributed by atoms with van der Waals surface area (Å²) in [5.41, 5.74) is 1.06. The Kier molecular flexibility index (Phi) is 4.47. The molecule has 97 valence electrons. The van der Waals surface area contributed by atoms with Crippen molar-refractivity contribution in [2.24, 2.45) is 0 Å². The van der Waals surface area contributed by atoms with Crippen molar-refractivity contribution in [1.82, 2.24) is 0 Å². The van der Waals surface area contributed by atoms with Crippen LogP contribution in [0.2, 0.25) is 0 Å². The highest BCUT2D eigenvalue weighted by Gasteiger charge is 2.04. The van der Waals surface area contributed by atoms with Gasteiger partial charge in [0.15, 0.2) is 0 Å². The monoisotopic (exact) mass is 258 g/mol. The maximum Gasteiger partial charge on any atom is 0.269 e. The van der Waals surface area contributed by atoms with Crippen LogP contribution in [-0.2, 0) is 11.3 Å². The van der Waals surface area contributed by atoms with Gasteiger partial charge in [0.2, 0.25) is 0 Å². The SMILES string of the molecule is O=[N+]([O-])c1ccc(O[CH]OCc2ccccc2)cc1. The standard InChI is InChI=1S/C14H12NO4/c16-15(17)13-6-8-14(9-7-13)19-11-18-10-12-4-2-1-3-5-12/h1-9,11H,10H2. The first-order chi connectivity index (χ1) is 9.25. The number of hydrogen-bond donors (Lipinski definition) is 0. The number of hydrogen-bond acceptors (Lipinski definition) is 4. The van der Waals surface area contributed by atoms with Gasteiger partial charge < -0.3 is 9.47 Å². The first kappa shape index (κ1) is 13.0. The Hall–Kier alpha value is -2.40. The van der Waals surface area contributed by atoms with Crippen LogP contribution in [0.1, 0.15) is 5.56 Å². The van der Waals surface area contributed by atoms with Crippen LogP contribution in [0, 0.1) is 16.9 Å². The number of nitro benzene ring substituents is 1. The fourth-order valence-electron chi connectivity index (χ4n) is 1.44. The lowest BCUT2D eigenvalue weighted by Crippen LogP contribution is -1.96. The van der Waals surface area contributed by atoms with E-state index in [-0.39, 0.29) is 5.69 Å². The van der Waals surface area contributed by atoms with E-state index in [1.54, 1.807) is 0 Å². The van der Waals surface area contributed by atoms with E-state index in [1.165, 1.54) is 31.1 Å². The molecule has 0 aliphatic heterocycles. The maximum atomic E-state index is 10.5. The number of non-ortho nitro benzene ring substituents is 1. The molecule has 0 aliphatic rings. The third-order valence-corrected chi connectivity index (χ3v) is 2.39. The zero-order valence-corrected chi connectivity index (χ0v) is 10.1. The molecule has 0 saturated carbocycles. The van der Waals surface area contributed by atoms with Gasteiger partial charge in [-0.2, -0.15) is 0 Å². The minimum Gasteiger partial charge on any atom is -0.458 e. The van der Waals surface area contributed by atoms with E-state index in [1.807, 2.05) is 30.3 Å². The normalized spacial score (nSPS) is 10.1.